The second-order valence-corrected chi connectivity index (χ2v) is 5.39. The molecule has 0 saturated carbocycles. The molecule has 3 rings (SSSR count). The van der Waals surface area contributed by atoms with Crippen molar-refractivity contribution in [3.8, 4) is 12.1 Å². The first-order valence-corrected chi connectivity index (χ1v) is 7.61. The van der Waals surface area contributed by atoms with Crippen molar-refractivity contribution in [2.75, 3.05) is 0 Å². The molecular formula is C19H14N4O3. The predicted molar refractivity (Wildman–Crippen MR) is 91.9 cm³/mol. The zero-order valence-electron chi connectivity index (χ0n) is 13.6. The van der Waals surface area contributed by atoms with Crippen LogP contribution in [0.1, 0.15) is 27.0 Å². The van der Waals surface area contributed by atoms with Crippen molar-refractivity contribution >= 4 is 18.2 Å². The maximum atomic E-state index is 11.3. The van der Waals surface area contributed by atoms with E-state index in [1.54, 1.807) is 42.5 Å². The Morgan fingerprint density at radius 1 is 1.00 bits per heavy atom. The van der Waals surface area contributed by atoms with Crippen LogP contribution in [0.15, 0.2) is 48.5 Å². The van der Waals surface area contributed by atoms with Crippen molar-refractivity contribution in [2.24, 2.45) is 0 Å². The lowest BCUT2D eigenvalue weighted by Crippen LogP contribution is -2.31. The van der Waals surface area contributed by atoms with E-state index in [2.05, 4.69) is 10.6 Å². The van der Waals surface area contributed by atoms with Crippen LogP contribution in [-0.4, -0.2) is 24.3 Å². The third-order valence-corrected chi connectivity index (χ3v) is 3.51. The highest BCUT2D eigenvalue weighted by atomic mass is 16.2. The van der Waals surface area contributed by atoms with Crippen molar-refractivity contribution < 1.29 is 14.4 Å². The molecule has 7 heteroatoms. The minimum atomic E-state index is -0.540. The Balaban J connectivity index is 0.000000209. The van der Waals surface area contributed by atoms with E-state index in [9.17, 15) is 14.4 Å². The Kier molecular flexibility index (Phi) is 6.19. The van der Waals surface area contributed by atoms with E-state index in [1.807, 2.05) is 18.2 Å². The number of amides is 3. The molecule has 1 heterocycles. The average Bonchev–Trinajstić information content (AvgIpc) is 2.99. The average molecular weight is 346 g/mol. The van der Waals surface area contributed by atoms with E-state index in [4.69, 9.17) is 10.5 Å². The minimum Gasteiger partial charge on any atom is -0.326 e. The molecule has 0 bridgehead atoms. The van der Waals surface area contributed by atoms with Crippen LogP contribution in [0.25, 0.3) is 0 Å². The van der Waals surface area contributed by atoms with E-state index in [0.717, 1.165) is 11.8 Å². The smallest absolute Gasteiger partial charge is 0.322 e. The summed E-state index contributed by atoms with van der Waals surface area (Å²) in [6, 6.07) is 16.5. The maximum absolute atomic E-state index is 11.3. The second kappa shape index (κ2) is 8.76. The minimum absolute atomic E-state index is 0.327. The van der Waals surface area contributed by atoms with Crippen LogP contribution in [-0.2, 0) is 11.2 Å². The van der Waals surface area contributed by atoms with Gasteiger partial charge in [0.15, 0.2) is 0 Å². The van der Waals surface area contributed by atoms with E-state index < -0.39 is 12.1 Å². The molecule has 1 fully saturated rings. The van der Waals surface area contributed by atoms with Gasteiger partial charge < -0.3 is 5.32 Å². The molecule has 2 aromatic rings. The highest BCUT2D eigenvalue weighted by molar-refractivity contribution is 6.04. The van der Waals surface area contributed by atoms with Crippen molar-refractivity contribution in [1.29, 1.82) is 10.5 Å². The van der Waals surface area contributed by atoms with Gasteiger partial charge in [-0.15, -0.1) is 0 Å². The summed E-state index contributed by atoms with van der Waals surface area (Å²) < 4.78 is 0. The van der Waals surface area contributed by atoms with Gasteiger partial charge in [0.1, 0.15) is 12.3 Å². The molecule has 2 aromatic carbocycles. The van der Waals surface area contributed by atoms with E-state index >= 15 is 0 Å². The van der Waals surface area contributed by atoms with Crippen molar-refractivity contribution in [3.05, 3.63) is 70.8 Å². The Morgan fingerprint density at radius 2 is 1.65 bits per heavy atom. The summed E-state index contributed by atoms with van der Waals surface area (Å²) in [7, 11) is 0. The Bertz CT molecular complexity index is 925. The zero-order chi connectivity index (χ0) is 18.9. The summed E-state index contributed by atoms with van der Waals surface area (Å²) in [5, 5.41) is 21.8. The fraction of sp³-hybridized carbons (Fsp3) is 0.105. The van der Waals surface area contributed by atoms with Crippen LogP contribution in [0, 0.1) is 22.7 Å². The fourth-order valence-corrected chi connectivity index (χ4v) is 2.29. The summed E-state index contributed by atoms with van der Waals surface area (Å²) in [5.74, 6) is -0.327. The third kappa shape index (κ3) is 5.02. The van der Waals surface area contributed by atoms with Crippen LogP contribution in [0.3, 0.4) is 0 Å². The third-order valence-electron chi connectivity index (χ3n) is 3.51. The highest BCUT2D eigenvalue weighted by Gasteiger charge is 2.29. The number of nitriles is 2. The number of carbonyl (C=O) groups is 3. The van der Waals surface area contributed by atoms with Gasteiger partial charge in [-0.1, -0.05) is 24.3 Å². The lowest BCUT2D eigenvalue weighted by atomic mass is 10.0. The molecule has 0 aliphatic carbocycles. The molecule has 26 heavy (non-hydrogen) atoms. The van der Waals surface area contributed by atoms with E-state index in [0.29, 0.717) is 23.1 Å². The van der Waals surface area contributed by atoms with Crippen LogP contribution >= 0.6 is 0 Å². The molecule has 1 unspecified atom stereocenters. The molecule has 3 amide bonds. The number of aldehydes is 1. The van der Waals surface area contributed by atoms with Crippen LogP contribution < -0.4 is 10.6 Å². The predicted octanol–water partition coefficient (Wildman–Crippen LogP) is 1.68. The zero-order valence-corrected chi connectivity index (χ0v) is 13.6. The second-order valence-electron chi connectivity index (χ2n) is 5.39. The molecule has 1 saturated heterocycles. The van der Waals surface area contributed by atoms with Gasteiger partial charge in [0, 0.05) is 12.0 Å². The molecule has 0 radical (unpaired) electrons. The molecular weight excluding hydrogens is 332 g/mol. The summed E-state index contributed by atoms with van der Waals surface area (Å²) in [6.07, 6.45) is 1.12. The van der Waals surface area contributed by atoms with Gasteiger partial charge in [-0.3, -0.25) is 14.9 Å². The van der Waals surface area contributed by atoms with E-state index in [-0.39, 0.29) is 5.91 Å². The summed E-state index contributed by atoms with van der Waals surface area (Å²) in [5.41, 5.74) is 2.45. The summed E-state index contributed by atoms with van der Waals surface area (Å²) in [6.45, 7) is 0. The molecule has 7 nitrogen and oxygen atoms in total. The molecule has 1 atom stereocenters. The van der Waals surface area contributed by atoms with Gasteiger partial charge in [-0.05, 0) is 29.8 Å². The lowest BCUT2D eigenvalue weighted by molar-refractivity contribution is -0.120. The monoisotopic (exact) mass is 346 g/mol. The molecule has 0 spiro atoms. The van der Waals surface area contributed by atoms with Gasteiger partial charge in [0.05, 0.1) is 23.3 Å². The summed E-state index contributed by atoms with van der Waals surface area (Å²) in [4.78, 5) is 32.3. The molecule has 2 N–H and O–H groups in total. The van der Waals surface area contributed by atoms with Crippen LogP contribution in [0.2, 0.25) is 0 Å². The van der Waals surface area contributed by atoms with Crippen LogP contribution in [0.4, 0.5) is 4.79 Å². The number of carbonyl (C=O) groups excluding carboxylic acids is 3. The Labute approximate surface area is 149 Å². The highest BCUT2D eigenvalue weighted by Crippen LogP contribution is 2.09. The Hall–Kier alpha value is -3.97. The standard InChI is InChI=1S/C11H9N3O2.C8H5NO/c12-6-8-3-1-2-7(4-8)5-9-10(15)14-11(16)13-9;9-5-7-2-1-3-8(4-7)6-10/h1-4,9H,5H2,(H2,13,14,15,16);1-4,6H. The maximum Gasteiger partial charge on any atom is 0.322 e. The normalized spacial score (nSPS) is 14.8. The number of hydrogen-bond acceptors (Lipinski definition) is 5. The van der Waals surface area contributed by atoms with Crippen molar-refractivity contribution in [2.45, 2.75) is 12.5 Å². The van der Waals surface area contributed by atoms with E-state index in [1.165, 1.54) is 0 Å². The molecule has 1 aliphatic rings. The first-order chi connectivity index (χ1) is 12.5. The van der Waals surface area contributed by atoms with Gasteiger partial charge >= 0.3 is 6.03 Å². The van der Waals surface area contributed by atoms with Crippen LogP contribution in [0.5, 0.6) is 0 Å². The van der Waals surface area contributed by atoms with Gasteiger partial charge in [-0.2, -0.15) is 10.5 Å². The topological polar surface area (TPSA) is 123 Å². The lowest BCUT2D eigenvalue weighted by Gasteiger charge is -2.06. The van der Waals surface area contributed by atoms with Gasteiger partial charge in [0.25, 0.3) is 5.91 Å². The van der Waals surface area contributed by atoms with Crippen molar-refractivity contribution in [3.63, 3.8) is 0 Å². The number of nitrogens with zero attached hydrogens (tertiary/aromatic N) is 2. The van der Waals surface area contributed by atoms with Gasteiger partial charge in [0.2, 0.25) is 0 Å². The summed E-state index contributed by atoms with van der Waals surface area (Å²) >= 11 is 0. The number of hydrogen-bond donors (Lipinski definition) is 2. The Morgan fingerprint density at radius 3 is 2.23 bits per heavy atom. The molecule has 0 aromatic heterocycles. The molecule has 1 aliphatic heterocycles. The SMILES string of the molecule is N#Cc1cccc(C=O)c1.N#Cc1cccc(CC2NC(=O)NC2=O)c1. The number of imide groups is 1. The largest absolute Gasteiger partial charge is 0.326 e. The van der Waals surface area contributed by atoms with Crippen molar-refractivity contribution in [1.82, 2.24) is 10.6 Å². The van der Waals surface area contributed by atoms with Gasteiger partial charge in [-0.25, -0.2) is 4.79 Å². The first kappa shape index (κ1) is 18.4. The number of nitrogens with one attached hydrogen (secondary N) is 2. The fourth-order valence-electron chi connectivity index (χ4n) is 2.29. The number of benzene rings is 2. The first-order valence-electron chi connectivity index (χ1n) is 7.61. The molecule has 128 valence electrons. The number of rotatable bonds is 3. The quantitative estimate of drug-likeness (QED) is 0.646. The number of urea groups is 1.